The topological polar surface area (TPSA) is 78.4 Å². The molecular formula is C22H25N2O4+. The number of hydrogen-bond donors (Lipinski definition) is 3. The molecule has 1 saturated heterocycles. The van der Waals surface area contributed by atoms with Gasteiger partial charge in [0.2, 0.25) is 0 Å². The number of nitrogens with one attached hydrogen (secondary N) is 1. The van der Waals surface area contributed by atoms with E-state index >= 15 is 0 Å². The van der Waals surface area contributed by atoms with E-state index in [-0.39, 0.29) is 17.1 Å². The van der Waals surface area contributed by atoms with E-state index in [1.165, 1.54) is 4.90 Å². The number of benzene rings is 2. The van der Waals surface area contributed by atoms with Gasteiger partial charge in [-0.2, -0.15) is 0 Å². The van der Waals surface area contributed by atoms with E-state index in [0.717, 1.165) is 61.3 Å². The summed E-state index contributed by atoms with van der Waals surface area (Å²) in [6, 6.07) is 12.4. The van der Waals surface area contributed by atoms with E-state index in [0.29, 0.717) is 5.58 Å². The van der Waals surface area contributed by atoms with Crippen LogP contribution in [0.1, 0.15) is 18.1 Å². The second-order valence-corrected chi connectivity index (χ2v) is 7.35. The first kappa shape index (κ1) is 18.4. The van der Waals surface area contributed by atoms with Crippen LogP contribution in [0.2, 0.25) is 0 Å². The molecule has 146 valence electrons. The van der Waals surface area contributed by atoms with E-state index in [1.54, 1.807) is 24.3 Å². The number of rotatable bonds is 4. The number of aromatic hydroxyl groups is 2. The van der Waals surface area contributed by atoms with Crippen LogP contribution in [0.5, 0.6) is 11.5 Å². The van der Waals surface area contributed by atoms with Crippen molar-refractivity contribution < 1.29 is 19.5 Å². The van der Waals surface area contributed by atoms with Gasteiger partial charge in [-0.3, -0.25) is 0 Å². The number of anilines is 1. The summed E-state index contributed by atoms with van der Waals surface area (Å²) in [6.45, 7) is 6.50. The number of phenolic OH excluding ortho intramolecular Hbond substituents is 2. The monoisotopic (exact) mass is 381 g/mol. The minimum atomic E-state index is -0.381. The van der Waals surface area contributed by atoms with Gasteiger partial charge in [-0.05, 0) is 42.3 Å². The normalized spacial score (nSPS) is 15.2. The number of nitrogens with zero attached hydrogens (tertiary/aromatic N) is 1. The number of fused-ring (bicyclic) bond motifs is 1. The zero-order chi connectivity index (χ0) is 19.7. The van der Waals surface area contributed by atoms with Crippen molar-refractivity contribution in [3.8, 4) is 11.5 Å². The van der Waals surface area contributed by atoms with Crippen LogP contribution in [0.25, 0.3) is 11.0 Å². The second kappa shape index (κ2) is 7.56. The quantitative estimate of drug-likeness (QED) is 0.600. The maximum absolute atomic E-state index is 12.0. The van der Waals surface area contributed by atoms with Crippen LogP contribution in [-0.4, -0.2) is 36.4 Å². The zero-order valence-corrected chi connectivity index (χ0v) is 15.9. The number of phenols is 2. The fourth-order valence-corrected chi connectivity index (χ4v) is 3.93. The Hall–Kier alpha value is -2.99. The van der Waals surface area contributed by atoms with Crippen molar-refractivity contribution in [2.75, 3.05) is 31.1 Å². The smallest absolute Gasteiger partial charge is 0.336 e. The van der Waals surface area contributed by atoms with Crippen molar-refractivity contribution in [2.24, 2.45) is 0 Å². The van der Waals surface area contributed by atoms with Crippen molar-refractivity contribution in [3.63, 3.8) is 0 Å². The van der Waals surface area contributed by atoms with Gasteiger partial charge >= 0.3 is 5.63 Å². The fourth-order valence-electron chi connectivity index (χ4n) is 3.93. The van der Waals surface area contributed by atoms with Gasteiger partial charge in [0.05, 0.1) is 26.2 Å². The molecule has 1 aliphatic rings. The minimum absolute atomic E-state index is 0.171. The molecule has 1 aliphatic heterocycles. The van der Waals surface area contributed by atoms with Gasteiger partial charge in [0.15, 0.2) is 0 Å². The lowest BCUT2D eigenvalue weighted by Crippen LogP contribution is -3.13. The van der Waals surface area contributed by atoms with Gasteiger partial charge in [0, 0.05) is 28.8 Å². The molecule has 3 aromatic rings. The summed E-state index contributed by atoms with van der Waals surface area (Å²) >= 11 is 0. The average molecular weight is 381 g/mol. The summed E-state index contributed by atoms with van der Waals surface area (Å²) in [5, 5.41) is 20.4. The second-order valence-electron chi connectivity index (χ2n) is 7.35. The minimum Gasteiger partial charge on any atom is -0.508 e. The molecule has 1 fully saturated rings. The summed E-state index contributed by atoms with van der Waals surface area (Å²) in [4.78, 5) is 15.7. The number of quaternary nitrogens is 1. The van der Waals surface area contributed by atoms with Gasteiger partial charge < -0.3 is 24.4 Å². The Bertz CT molecular complexity index is 1030. The maximum atomic E-state index is 12.0. The van der Waals surface area contributed by atoms with Gasteiger partial charge in [-0.25, -0.2) is 4.79 Å². The molecule has 0 unspecified atom stereocenters. The SMILES string of the molecule is CCc1cc2c(C[NH+]3CCN(c4ccc(O)cc4)CC3)cc(=O)oc2cc1O. The molecule has 0 amide bonds. The number of piperazine rings is 1. The fraction of sp³-hybridized carbons (Fsp3) is 0.318. The highest BCUT2D eigenvalue weighted by atomic mass is 16.4. The summed E-state index contributed by atoms with van der Waals surface area (Å²) in [5.74, 6) is 0.449. The van der Waals surface area contributed by atoms with E-state index in [4.69, 9.17) is 4.42 Å². The first-order chi connectivity index (χ1) is 13.5. The van der Waals surface area contributed by atoms with Crippen molar-refractivity contribution in [1.82, 2.24) is 0 Å². The highest BCUT2D eigenvalue weighted by Crippen LogP contribution is 2.26. The van der Waals surface area contributed by atoms with Crippen LogP contribution in [0.15, 0.2) is 51.7 Å². The third kappa shape index (κ3) is 3.68. The molecule has 2 aromatic carbocycles. The molecule has 6 heteroatoms. The molecule has 0 spiro atoms. The summed E-state index contributed by atoms with van der Waals surface area (Å²) in [5.41, 5.74) is 3.00. The first-order valence-corrected chi connectivity index (χ1v) is 9.69. The standard InChI is InChI=1S/C22H24N2O4/c1-2-15-11-19-16(12-22(27)28-21(19)13-20(15)26)14-23-7-9-24(10-8-23)17-3-5-18(25)6-4-17/h3-6,11-13,25-26H,2,7-10,14H2,1H3/p+1. The third-order valence-electron chi connectivity index (χ3n) is 5.54. The van der Waals surface area contributed by atoms with E-state index in [1.807, 2.05) is 25.1 Å². The molecule has 0 bridgehead atoms. The molecule has 0 aliphatic carbocycles. The van der Waals surface area contributed by atoms with Crippen LogP contribution < -0.4 is 15.4 Å². The zero-order valence-electron chi connectivity index (χ0n) is 15.9. The first-order valence-electron chi connectivity index (χ1n) is 9.69. The van der Waals surface area contributed by atoms with Gasteiger partial charge in [0.25, 0.3) is 0 Å². The summed E-state index contributed by atoms with van der Waals surface area (Å²) in [7, 11) is 0. The Labute approximate surface area is 163 Å². The van der Waals surface area contributed by atoms with Gasteiger partial charge in [0.1, 0.15) is 23.6 Å². The molecule has 0 radical (unpaired) electrons. The summed E-state index contributed by atoms with van der Waals surface area (Å²) in [6.07, 6.45) is 0.721. The number of aryl methyl sites for hydroxylation is 1. The Morgan fingerprint density at radius 2 is 1.75 bits per heavy atom. The number of hydrogen-bond acceptors (Lipinski definition) is 5. The Kier molecular flexibility index (Phi) is 4.96. The lowest BCUT2D eigenvalue weighted by atomic mass is 10.0. The van der Waals surface area contributed by atoms with Gasteiger partial charge in [-0.1, -0.05) is 6.92 Å². The highest BCUT2D eigenvalue weighted by Gasteiger charge is 2.22. The van der Waals surface area contributed by atoms with Crippen molar-refractivity contribution in [1.29, 1.82) is 0 Å². The van der Waals surface area contributed by atoms with Crippen LogP contribution in [0.4, 0.5) is 5.69 Å². The van der Waals surface area contributed by atoms with Gasteiger partial charge in [-0.15, -0.1) is 0 Å². The Balaban J connectivity index is 1.52. The molecule has 2 heterocycles. The van der Waals surface area contributed by atoms with E-state index < -0.39 is 0 Å². The molecule has 0 atom stereocenters. The maximum Gasteiger partial charge on any atom is 0.336 e. The molecular weight excluding hydrogens is 356 g/mol. The molecule has 1 aromatic heterocycles. The lowest BCUT2D eigenvalue weighted by molar-refractivity contribution is -0.914. The molecule has 28 heavy (non-hydrogen) atoms. The van der Waals surface area contributed by atoms with Crippen molar-refractivity contribution in [3.05, 3.63) is 64.0 Å². The third-order valence-corrected chi connectivity index (χ3v) is 5.54. The summed E-state index contributed by atoms with van der Waals surface area (Å²) < 4.78 is 5.30. The molecule has 4 rings (SSSR count). The van der Waals surface area contributed by atoms with Crippen LogP contribution in [0.3, 0.4) is 0 Å². The molecule has 3 N–H and O–H groups in total. The van der Waals surface area contributed by atoms with E-state index in [9.17, 15) is 15.0 Å². The Morgan fingerprint density at radius 3 is 2.43 bits per heavy atom. The van der Waals surface area contributed by atoms with Crippen molar-refractivity contribution in [2.45, 2.75) is 19.9 Å². The van der Waals surface area contributed by atoms with E-state index in [2.05, 4.69) is 4.90 Å². The molecule has 6 nitrogen and oxygen atoms in total. The van der Waals surface area contributed by atoms with Crippen LogP contribution >= 0.6 is 0 Å². The predicted octanol–water partition coefficient (Wildman–Crippen LogP) is 1.67. The average Bonchev–Trinajstić information content (AvgIpc) is 2.68. The van der Waals surface area contributed by atoms with Crippen LogP contribution in [0, 0.1) is 0 Å². The molecule has 0 saturated carbocycles. The van der Waals surface area contributed by atoms with Crippen molar-refractivity contribution >= 4 is 16.7 Å². The predicted molar refractivity (Wildman–Crippen MR) is 108 cm³/mol. The largest absolute Gasteiger partial charge is 0.508 e. The highest BCUT2D eigenvalue weighted by molar-refractivity contribution is 5.82. The lowest BCUT2D eigenvalue weighted by Gasteiger charge is -2.33. The van der Waals surface area contributed by atoms with Crippen LogP contribution in [-0.2, 0) is 13.0 Å². The Morgan fingerprint density at radius 1 is 1.04 bits per heavy atom.